The number of rotatable bonds is 5. The lowest BCUT2D eigenvalue weighted by Crippen LogP contribution is -2.32. The van der Waals surface area contributed by atoms with Crippen LogP contribution in [0.25, 0.3) is 0 Å². The van der Waals surface area contributed by atoms with E-state index in [-0.39, 0.29) is 6.61 Å². The Morgan fingerprint density at radius 3 is 2.62 bits per heavy atom. The molecule has 0 aromatic heterocycles. The summed E-state index contributed by atoms with van der Waals surface area (Å²) in [5.74, 6) is 0. The lowest BCUT2D eigenvalue weighted by Gasteiger charge is -2.00. The molecule has 0 spiro atoms. The van der Waals surface area contributed by atoms with Crippen molar-refractivity contribution in [3.8, 4) is 0 Å². The molecular formula is C5H14N2O. The highest BCUT2D eigenvalue weighted by atomic mass is 16.3. The second-order valence-corrected chi connectivity index (χ2v) is 1.53. The third-order valence-corrected chi connectivity index (χ3v) is 0.762. The predicted molar refractivity (Wildman–Crippen MR) is 33.4 cm³/mol. The molecule has 3 heteroatoms. The average molecular weight is 118 g/mol. The molecule has 0 unspecified atom stereocenters. The van der Waals surface area contributed by atoms with Gasteiger partial charge < -0.3 is 5.11 Å². The summed E-state index contributed by atoms with van der Waals surface area (Å²) in [6, 6.07) is 0. The topological polar surface area (TPSA) is 44.3 Å². The quantitative estimate of drug-likeness (QED) is 0.336. The Morgan fingerprint density at radius 1 is 1.38 bits per heavy atom. The molecular weight excluding hydrogens is 104 g/mol. The van der Waals surface area contributed by atoms with Gasteiger partial charge in [-0.15, -0.1) is 0 Å². The molecule has 0 saturated carbocycles. The minimum absolute atomic E-state index is 0.262. The molecule has 0 rings (SSSR count). The second kappa shape index (κ2) is 6.88. The van der Waals surface area contributed by atoms with Gasteiger partial charge in [0.2, 0.25) is 0 Å². The normalized spacial score (nSPS) is 9.75. The van der Waals surface area contributed by atoms with Crippen molar-refractivity contribution in [2.24, 2.45) is 0 Å². The standard InChI is InChI=1S/C5H14N2O/c1-2-6-7-4-3-5-8/h6-8H,2-5H2,1H3. The van der Waals surface area contributed by atoms with E-state index in [2.05, 4.69) is 10.9 Å². The summed E-state index contributed by atoms with van der Waals surface area (Å²) in [4.78, 5) is 0. The number of hydrogen-bond donors (Lipinski definition) is 3. The Morgan fingerprint density at radius 2 is 2.12 bits per heavy atom. The summed E-state index contributed by atoms with van der Waals surface area (Å²) >= 11 is 0. The van der Waals surface area contributed by atoms with Crippen LogP contribution in [0.3, 0.4) is 0 Å². The highest BCUT2D eigenvalue weighted by Crippen LogP contribution is 1.67. The van der Waals surface area contributed by atoms with Crippen molar-refractivity contribution in [1.82, 2.24) is 10.9 Å². The molecule has 3 nitrogen and oxygen atoms in total. The van der Waals surface area contributed by atoms with Gasteiger partial charge in [0.15, 0.2) is 0 Å². The molecule has 0 aliphatic carbocycles. The fourth-order valence-corrected chi connectivity index (χ4v) is 0.381. The van der Waals surface area contributed by atoms with E-state index >= 15 is 0 Å². The van der Waals surface area contributed by atoms with Crippen molar-refractivity contribution < 1.29 is 5.11 Å². The van der Waals surface area contributed by atoms with Crippen molar-refractivity contribution >= 4 is 0 Å². The number of aliphatic hydroxyl groups excluding tert-OH is 1. The minimum atomic E-state index is 0.262. The van der Waals surface area contributed by atoms with Crippen molar-refractivity contribution in [3.63, 3.8) is 0 Å². The van der Waals surface area contributed by atoms with E-state index in [1.54, 1.807) is 0 Å². The number of nitrogens with one attached hydrogen (secondary N) is 2. The Hall–Kier alpha value is -0.120. The third kappa shape index (κ3) is 5.88. The third-order valence-electron chi connectivity index (χ3n) is 0.762. The van der Waals surface area contributed by atoms with Crippen LogP contribution in [-0.4, -0.2) is 24.8 Å². The maximum Gasteiger partial charge on any atom is 0.0443 e. The van der Waals surface area contributed by atoms with Gasteiger partial charge in [-0.25, -0.2) is 0 Å². The van der Waals surface area contributed by atoms with Gasteiger partial charge in [0.25, 0.3) is 0 Å². The molecule has 0 radical (unpaired) electrons. The smallest absolute Gasteiger partial charge is 0.0443 e. The van der Waals surface area contributed by atoms with Crippen molar-refractivity contribution in [1.29, 1.82) is 0 Å². The van der Waals surface area contributed by atoms with Crippen molar-refractivity contribution in [3.05, 3.63) is 0 Å². The Bertz CT molecular complexity index is 35.4. The summed E-state index contributed by atoms with van der Waals surface area (Å²) < 4.78 is 0. The molecule has 0 saturated heterocycles. The monoisotopic (exact) mass is 118 g/mol. The molecule has 0 fully saturated rings. The van der Waals surface area contributed by atoms with E-state index in [1.807, 2.05) is 6.92 Å². The molecule has 0 amide bonds. The molecule has 0 aromatic rings. The first-order valence-electron chi connectivity index (χ1n) is 2.98. The van der Waals surface area contributed by atoms with Crippen LogP contribution in [0.5, 0.6) is 0 Å². The van der Waals surface area contributed by atoms with Crippen LogP contribution in [0.15, 0.2) is 0 Å². The maximum atomic E-state index is 8.30. The highest BCUT2D eigenvalue weighted by Gasteiger charge is 1.79. The molecule has 0 aromatic carbocycles. The molecule has 0 heterocycles. The molecule has 0 aliphatic heterocycles. The highest BCUT2D eigenvalue weighted by molar-refractivity contribution is 4.37. The number of aliphatic hydroxyl groups is 1. The van der Waals surface area contributed by atoms with Crippen LogP contribution in [0.2, 0.25) is 0 Å². The van der Waals surface area contributed by atoms with Crippen LogP contribution >= 0.6 is 0 Å². The van der Waals surface area contributed by atoms with Gasteiger partial charge in [-0.2, -0.15) is 0 Å². The maximum absolute atomic E-state index is 8.30. The van der Waals surface area contributed by atoms with Crippen LogP contribution in [-0.2, 0) is 0 Å². The first kappa shape index (κ1) is 7.88. The predicted octanol–water partition coefficient (Wildman–Crippen LogP) is -0.517. The summed E-state index contributed by atoms with van der Waals surface area (Å²) in [6.45, 7) is 4.04. The van der Waals surface area contributed by atoms with Gasteiger partial charge in [0.1, 0.15) is 0 Å². The average Bonchev–Trinajstić information content (AvgIpc) is 1.81. The van der Waals surface area contributed by atoms with Crippen LogP contribution in [0.1, 0.15) is 13.3 Å². The van der Waals surface area contributed by atoms with E-state index in [0.29, 0.717) is 0 Å². The second-order valence-electron chi connectivity index (χ2n) is 1.53. The van der Waals surface area contributed by atoms with Crippen LogP contribution < -0.4 is 10.9 Å². The molecule has 3 N–H and O–H groups in total. The van der Waals surface area contributed by atoms with Gasteiger partial charge in [0, 0.05) is 19.7 Å². The zero-order chi connectivity index (χ0) is 6.24. The van der Waals surface area contributed by atoms with E-state index < -0.39 is 0 Å². The first-order valence-corrected chi connectivity index (χ1v) is 2.98. The molecule has 0 aliphatic rings. The van der Waals surface area contributed by atoms with Gasteiger partial charge in [-0.05, 0) is 6.42 Å². The van der Waals surface area contributed by atoms with E-state index in [1.165, 1.54) is 0 Å². The largest absolute Gasteiger partial charge is 0.396 e. The summed E-state index contributed by atoms with van der Waals surface area (Å²) in [7, 11) is 0. The zero-order valence-corrected chi connectivity index (χ0v) is 5.28. The minimum Gasteiger partial charge on any atom is -0.396 e. The van der Waals surface area contributed by atoms with Gasteiger partial charge in [-0.1, -0.05) is 6.92 Å². The molecule has 0 atom stereocenters. The molecule has 50 valence electrons. The van der Waals surface area contributed by atoms with Gasteiger partial charge in [0.05, 0.1) is 0 Å². The Labute approximate surface area is 50.1 Å². The summed E-state index contributed by atoms with van der Waals surface area (Å²) in [5.41, 5.74) is 5.85. The molecule has 8 heavy (non-hydrogen) atoms. The first-order chi connectivity index (χ1) is 3.91. The summed E-state index contributed by atoms with van der Waals surface area (Å²) in [6.07, 6.45) is 0.812. The number of hydrazine groups is 1. The number of hydrogen-bond acceptors (Lipinski definition) is 3. The van der Waals surface area contributed by atoms with E-state index in [9.17, 15) is 0 Å². The lowest BCUT2D eigenvalue weighted by atomic mass is 10.5. The van der Waals surface area contributed by atoms with Crippen LogP contribution in [0.4, 0.5) is 0 Å². The fourth-order valence-electron chi connectivity index (χ4n) is 0.381. The van der Waals surface area contributed by atoms with E-state index in [4.69, 9.17) is 5.11 Å². The van der Waals surface area contributed by atoms with Crippen molar-refractivity contribution in [2.75, 3.05) is 19.7 Å². The Balaban J connectivity index is 2.53. The summed E-state index contributed by atoms with van der Waals surface area (Å²) in [5, 5.41) is 8.30. The molecule has 0 bridgehead atoms. The van der Waals surface area contributed by atoms with Crippen molar-refractivity contribution in [2.45, 2.75) is 13.3 Å². The van der Waals surface area contributed by atoms with Gasteiger partial charge in [-0.3, -0.25) is 10.9 Å². The lowest BCUT2D eigenvalue weighted by molar-refractivity contribution is 0.283. The van der Waals surface area contributed by atoms with Crippen LogP contribution in [0, 0.1) is 0 Å². The van der Waals surface area contributed by atoms with Gasteiger partial charge >= 0.3 is 0 Å². The Kier molecular flexibility index (Phi) is 6.78. The SMILES string of the molecule is CCNNCCCO. The fraction of sp³-hybridized carbons (Fsp3) is 1.00. The zero-order valence-electron chi connectivity index (χ0n) is 5.28. The van der Waals surface area contributed by atoms with E-state index in [0.717, 1.165) is 19.5 Å².